The van der Waals surface area contributed by atoms with Crippen LogP contribution in [0.5, 0.6) is 0 Å². The van der Waals surface area contributed by atoms with Crippen LogP contribution in [0.25, 0.3) is 0 Å². The fourth-order valence-corrected chi connectivity index (χ4v) is 2.10. The zero-order valence-electron chi connectivity index (χ0n) is 9.93. The molecule has 0 radical (unpaired) electrons. The third kappa shape index (κ3) is 4.18. The van der Waals surface area contributed by atoms with Gasteiger partial charge in [0.25, 0.3) is 0 Å². The van der Waals surface area contributed by atoms with E-state index in [1.165, 1.54) is 4.88 Å². The van der Waals surface area contributed by atoms with E-state index in [0.717, 1.165) is 12.0 Å². The molecule has 94 valence electrons. The van der Waals surface area contributed by atoms with Gasteiger partial charge in [-0.2, -0.15) is 0 Å². The van der Waals surface area contributed by atoms with Crippen LogP contribution in [-0.4, -0.2) is 17.6 Å². The molecule has 0 saturated carbocycles. The summed E-state index contributed by atoms with van der Waals surface area (Å²) in [6.07, 6.45) is 2.65. The largest absolute Gasteiger partial charge is 0.338 e. The molecule has 2 aromatic rings. The molecule has 1 aromatic carbocycles. The number of hydrogen-bond donors (Lipinski definition) is 2. The molecule has 0 spiro atoms. The molecule has 1 heterocycles. The normalized spacial score (nSPS) is 10.0. The minimum atomic E-state index is -0.136. The van der Waals surface area contributed by atoms with Crippen molar-refractivity contribution in [1.82, 2.24) is 15.6 Å². The molecule has 18 heavy (non-hydrogen) atoms. The number of rotatable bonds is 5. The van der Waals surface area contributed by atoms with Crippen LogP contribution >= 0.6 is 11.3 Å². The molecule has 2 rings (SSSR count). The summed E-state index contributed by atoms with van der Waals surface area (Å²) in [6.45, 7) is 1.18. The van der Waals surface area contributed by atoms with Gasteiger partial charge in [-0.3, -0.25) is 4.98 Å². The summed E-state index contributed by atoms with van der Waals surface area (Å²) < 4.78 is 0. The summed E-state index contributed by atoms with van der Waals surface area (Å²) in [7, 11) is 0. The lowest BCUT2D eigenvalue weighted by molar-refractivity contribution is 0.240. The Balaban J connectivity index is 1.63. The van der Waals surface area contributed by atoms with Crippen molar-refractivity contribution in [3.05, 3.63) is 52.5 Å². The predicted molar refractivity (Wildman–Crippen MR) is 72.5 cm³/mol. The Hall–Kier alpha value is -1.88. The van der Waals surface area contributed by atoms with E-state index in [0.29, 0.717) is 13.1 Å². The minimum absolute atomic E-state index is 0.136. The minimum Gasteiger partial charge on any atom is -0.338 e. The van der Waals surface area contributed by atoms with Crippen LogP contribution in [0.1, 0.15) is 10.4 Å². The van der Waals surface area contributed by atoms with E-state index in [9.17, 15) is 4.79 Å². The number of nitrogens with zero attached hydrogens (tertiary/aromatic N) is 1. The van der Waals surface area contributed by atoms with Gasteiger partial charge in [0.2, 0.25) is 0 Å². The van der Waals surface area contributed by atoms with Crippen LogP contribution in [0.3, 0.4) is 0 Å². The van der Waals surface area contributed by atoms with Crippen molar-refractivity contribution in [3.63, 3.8) is 0 Å². The van der Waals surface area contributed by atoms with Crippen molar-refractivity contribution >= 4 is 17.4 Å². The number of carbonyl (C=O) groups excluding carboxylic acids is 1. The van der Waals surface area contributed by atoms with E-state index in [1.807, 2.05) is 36.5 Å². The number of amides is 2. The van der Waals surface area contributed by atoms with Gasteiger partial charge in [0, 0.05) is 30.6 Å². The number of urea groups is 1. The SMILES string of the molecule is O=C(NCCc1cncs1)NCc1ccccc1. The standard InChI is InChI=1S/C13H15N3OS/c17-13(15-7-6-12-9-14-10-18-12)16-8-11-4-2-1-3-5-11/h1-5,9-10H,6-8H2,(H2,15,16,17). The molecule has 0 aliphatic heterocycles. The quantitative estimate of drug-likeness (QED) is 0.867. The van der Waals surface area contributed by atoms with E-state index in [-0.39, 0.29) is 6.03 Å². The Bertz CT molecular complexity index is 470. The molecule has 0 aliphatic carbocycles. The number of benzene rings is 1. The fourth-order valence-electron chi connectivity index (χ4n) is 1.51. The molecule has 0 unspecified atom stereocenters. The Morgan fingerprint density at radius 3 is 2.78 bits per heavy atom. The molecule has 0 saturated heterocycles. The predicted octanol–water partition coefficient (Wildman–Crippen LogP) is 2.19. The van der Waals surface area contributed by atoms with Gasteiger partial charge in [0.15, 0.2) is 0 Å². The summed E-state index contributed by atoms with van der Waals surface area (Å²) >= 11 is 1.60. The van der Waals surface area contributed by atoms with Crippen LogP contribution in [0.4, 0.5) is 4.79 Å². The van der Waals surface area contributed by atoms with Crippen molar-refractivity contribution in [2.24, 2.45) is 0 Å². The topological polar surface area (TPSA) is 54.0 Å². The molecule has 0 atom stereocenters. The Labute approximate surface area is 110 Å². The van der Waals surface area contributed by atoms with E-state index in [4.69, 9.17) is 0 Å². The van der Waals surface area contributed by atoms with Crippen LogP contribution < -0.4 is 10.6 Å². The average molecular weight is 261 g/mol. The smallest absolute Gasteiger partial charge is 0.315 e. The van der Waals surface area contributed by atoms with Crippen LogP contribution in [0.2, 0.25) is 0 Å². The van der Waals surface area contributed by atoms with Gasteiger partial charge in [-0.15, -0.1) is 11.3 Å². The van der Waals surface area contributed by atoms with Gasteiger partial charge in [-0.05, 0) is 5.56 Å². The molecular formula is C13H15N3OS. The lowest BCUT2D eigenvalue weighted by atomic mass is 10.2. The highest BCUT2D eigenvalue weighted by molar-refractivity contribution is 7.09. The van der Waals surface area contributed by atoms with Crippen LogP contribution in [0, 0.1) is 0 Å². The number of nitrogens with one attached hydrogen (secondary N) is 2. The lowest BCUT2D eigenvalue weighted by Crippen LogP contribution is -2.36. The van der Waals surface area contributed by atoms with E-state index < -0.39 is 0 Å². The first-order chi connectivity index (χ1) is 8.84. The lowest BCUT2D eigenvalue weighted by Gasteiger charge is -2.06. The molecule has 0 bridgehead atoms. The number of thiazole rings is 1. The van der Waals surface area contributed by atoms with Gasteiger partial charge in [0.05, 0.1) is 5.51 Å². The second kappa shape index (κ2) is 6.76. The second-order valence-corrected chi connectivity index (χ2v) is 4.78. The first-order valence-corrected chi connectivity index (χ1v) is 6.65. The number of carbonyl (C=O) groups is 1. The maximum atomic E-state index is 11.5. The Morgan fingerprint density at radius 1 is 1.22 bits per heavy atom. The molecule has 4 nitrogen and oxygen atoms in total. The van der Waals surface area contributed by atoms with E-state index >= 15 is 0 Å². The summed E-state index contributed by atoms with van der Waals surface area (Å²) in [5, 5.41) is 5.64. The fraction of sp³-hybridized carbons (Fsp3) is 0.231. The zero-order valence-corrected chi connectivity index (χ0v) is 10.7. The first-order valence-electron chi connectivity index (χ1n) is 5.77. The van der Waals surface area contributed by atoms with Crippen molar-refractivity contribution in [3.8, 4) is 0 Å². The molecule has 2 N–H and O–H groups in total. The first kappa shape index (κ1) is 12.6. The molecule has 0 aliphatic rings. The van der Waals surface area contributed by atoms with Gasteiger partial charge in [-0.1, -0.05) is 30.3 Å². The maximum absolute atomic E-state index is 11.5. The van der Waals surface area contributed by atoms with Gasteiger partial charge in [0.1, 0.15) is 0 Å². The highest BCUT2D eigenvalue weighted by atomic mass is 32.1. The van der Waals surface area contributed by atoms with Gasteiger partial charge < -0.3 is 10.6 Å². The van der Waals surface area contributed by atoms with Crippen LogP contribution in [0.15, 0.2) is 42.0 Å². The van der Waals surface area contributed by atoms with Gasteiger partial charge in [-0.25, -0.2) is 4.79 Å². The third-order valence-corrected chi connectivity index (χ3v) is 3.28. The Morgan fingerprint density at radius 2 is 2.06 bits per heavy atom. The second-order valence-electron chi connectivity index (χ2n) is 3.81. The van der Waals surface area contributed by atoms with Gasteiger partial charge >= 0.3 is 6.03 Å². The molecule has 2 amide bonds. The zero-order chi connectivity index (χ0) is 12.6. The molecular weight excluding hydrogens is 246 g/mol. The monoisotopic (exact) mass is 261 g/mol. The number of hydrogen-bond acceptors (Lipinski definition) is 3. The summed E-state index contributed by atoms with van der Waals surface area (Å²) in [5.74, 6) is 0. The highest BCUT2D eigenvalue weighted by Gasteiger charge is 2.00. The highest BCUT2D eigenvalue weighted by Crippen LogP contribution is 2.04. The van der Waals surface area contributed by atoms with Crippen molar-refractivity contribution in [2.45, 2.75) is 13.0 Å². The van der Waals surface area contributed by atoms with Crippen LogP contribution in [-0.2, 0) is 13.0 Å². The van der Waals surface area contributed by atoms with E-state index in [1.54, 1.807) is 16.8 Å². The third-order valence-electron chi connectivity index (χ3n) is 2.44. The summed E-state index contributed by atoms with van der Waals surface area (Å²) in [4.78, 5) is 16.7. The van der Waals surface area contributed by atoms with E-state index in [2.05, 4.69) is 15.6 Å². The molecule has 0 fully saturated rings. The maximum Gasteiger partial charge on any atom is 0.315 e. The van der Waals surface area contributed by atoms with Crippen molar-refractivity contribution in [2.75, 3.05) is 6.54 Å². The Kier molecular flexibility index (Phi) is 4.72. The van der Waals surface area contributed by atoms with Crippen molar-refractivity contribution < 1.29 is 4.79 Å². The average Bonchev–Trinajstić information content (AvgIpc) is 2.91. The summed E-state index contributed by atoms with van der Waals surface area (Å²) in [6, 6.07) is 9.70. The molecule has 1 aromatic heterocycles. The van der Waals surface area contributed by atoms with Crippen molar-refractivity contribution in [1.29, 1.82) is 0 Å². The summed E-state index contributed by atoms with van der Waals surface area (Å²) in [5.41, 5.74) is 2.89. The molecule has 5 heteroatoms. The number of aromatic nitrogens is 1.